The molecule has 0 unspecified atom stereocenters. The molecule has 21 heavy (non-hydrogen) atoms. The number of halogens is 1. The zero-order valence-corrected chi connectivity index (χ0v) is 13.0. The van der Waals surface area contributed by atoms with E-state index in [1.807, 2.05) is 0 Å². The maximum absolute atomic E-state index is 13.7. The minimum atomic E-state index is -0.869. The third-order valence-corrected chi connectivity index (χ3v) is 4.48. The minimum absolute atomic E-state index is 0.0281. The zero-order chi connectivity index (χ0) is 15.7. The largest absolute Gasteiger partial charge is 0.388 e. The second-order valence-corrected chi connectivity index (χ2v) is 7.05. The molecule has 1 saturated carbocycles. The van der Waals surface area contributed by atoms with Crippen molar-refractivity contribution in [2.45, 2.75) is 52.1 Å². The number of benzene rings is 1. The van der Waals surface area contributed by atoms with Gasteiger partial charge in [-0.05, 0) is 55.7 Å². The fourth-order valence-corrected chi connectivity index (χ4v) is 2.71. The number of carbonyl (C=O) groups is 1. The Morgan fingerprint density at radius 3 is 2.48 bits per heavy atom. The van der Waals surface area contributed by atoms with Gasteiger partial charge in [0.2, 0.25) is 0 Å². The first-order valence-corrected chi connectivity index (χ1v) is 7.48. The molecule has 4 heteroatoms. The van der Waals surface area contributed by atoms with E-state index in [2.05, 4.69) is 19.2 Å². The molecule has 0 bridgehead atoms. The van der Waals surface area contributed by atoms with Crippen LogP contribution in [0.2, 0.25) is 0 Å². The van der Waals surface area contributed by atoms with Gasteiger partial charge < -0.3 is 10.4 Å². The van der Waals surface area contributed by atoms with Gasteiger partial charge in [-0.3, -0.25) is 4.79 Å². The molecule has 1 aromatic rings. The summed E-state index contributed by atoms with van der Waals surface area (Å²) in [6.45, 7) is 6.33. The van der Waals surface area contributed by atoms with Gasteiger partial charge in [-0.1, -0.05) is 19.9 Å². The van der Waals surface area contributed by atoms with E-state index >= 15 is 0 Å². The summed E-state index contributed by atoms with van der Waals surface area (Å²) < 4.78 is 13.7. The number of rotatable bonds is 3. The Labute approximate surface area is 125 Å². The summed E-state index contributed by atoms with van der Waals surface area (Å²) in [5.41, 5.74) is 0.184. The monoisotopic (exact) mass is 293 g/mol. The average molecular weight is 293 g/mol. The lowest BCUT2D eigenvalue weighted by atomic mass is 9.71. The molecule has 2 rings (SSSR count). The smallest absolute Gasteiger partial charge is 0.254 e. The summed E-state index contributed by atoms with van der Waals surface area (Å²) in [5.74, 6) is -0.991. The Kier molecular flexibility index (Phi) is 4.38. The first-order chi connectivity index (χ1) is 9.71. The molecule has 1 aliphatic carbocycles. The number of carbonyl (C=O) groups excluding carboxylic acids is 1. The average Bonchev–Trinajstić information content (AvgIpc) is 2.40. The Morgan fingerprint density at radius 1 is 1.29 bits per heavy atom. The van der Waals surface area contributed by atoms with Gasteiger partial charge in [0.1, 0.15) is 5.82 Å². The molecule has 0 aliphatic heterocycles. The van der Waals surface area contributed by atoms with Crippen LogP contribution < -0.4 is 5.32 Å². The van der Waals surface area contributed by atoms with E-state index in [1.54, 1.807) is 13.0 Å². The number of nitrogens with one attached hydrogen (secondary N) is 1. The van der Waals surface area contributed by atoms with Crippen molar-refractivity contribution >= 4 is 5.91 Å². The van der Waals surface area contributed by atoms with E-state index in [0.29, 0.717) is 12.8 Å². The van der Waals surface area contributed by atoms with Crippen LogP contribution in [-0.2, 0) is 0 Å². The molecule has 1 fully saturated rings. The van der Waals surface area contributed by atoms with E-state index in [4.69, 9.17) is 0 Å². The van der Waals surface area contributed by atoms with E-state index in [1.165, 1.54) is 12.1 Å². The van der Waals surface area contributed by atoms with Crippen molar-refractivity contribution in [2.75, 3.05) is 6.54 Å². The predicted octanol–water partition coefficient (Wildman–Crippen LogP) is 3.20. The summed E-state index contributed by atoms with van der Waals surface area (Å²) >= 11 is 0. The van der Waals surface area contributed by atoms with E-state index in [9.17, 15) is 14.3 Å². The van der Waals surface area contributed by atoms with Crippen LogP contribution in [0, 0.1) is 18.2 Å². The second-order valence-electron chi connectivity index (χ2n) is 7.05. The predicted molar refractivity (Wildman–Crippen MR) is 80.7 cm³/mol. The fraction of sp³-hybridized carbons (Fsp3) is 0.588. The Bertz CT molecular complexity index is 530. The highest BCUT2D eigenvalue weighted by Crippen LogP contribution is 2.39. The van der Waals surface area contributed by atoms with Gasteiger partial charge in [-0.2, -0.15) is 0 Å². The molecular weight excluding hydrogens is 269 g/mol. The van der Waals surface area contributed by atoms with Crippen molar-refractivity contribution < 1.29 is 14.3 Å². The first kappa shape index (κ1) is 16.0. The van der Waals surface area contributed by atoms with Crippen LogP contribution in [0.15, 0.2) is 18.2 Å². The maximum Gasteiger partial charge on any atom is 0.254 e. The van der Waals surface area contributed by atoms with Crippen molar-refractivity contribution in [2.24, 2.45) is 5.41 Å². The van der Waals surface area contributed by atoms with E-state index in [0.717, 1.165) is 18.4 Å². The van der Waals surface area contributed by atoms with Gasteiger partial charge in [0.15, 0.2) is 0 Å². The van der Waals surface area contributed by atoms with Crippen LogP contribution in [0.3, 0.4) is 0 Å². The lowest BCUT2D eigenvalue weighted by molar-refractivity contribution is -0.0233. The van der Waals surface area contributed by atoms with Crippen LogP contribution in [0.4, 0.5) is 4.39 Å². The molecule has 2 N–H and O–H groups in total. The summed E-state index contributed by atoms with van der Waals surface area (Å²) in [6.07, 6.45) is 3.18. The van der Waals surface area contributed by atoms with Crippen LogP contribution in [0.1, 0.15) is 55.5 Å². The highest BCUT2D eigenvalue weighted by atomic mass is 19.1. The minimum Gasteiger partial charge on any atom is -0.388 e. The number of hydrogen-bond donors (Lipinski definition) is 2. The fourth-order valence-electron chi connectivity index (χ4n) is 2.71. The Hall–Kier alpha value is -1.42. The topological polar surface area (TPSA) is 49.3 Å². The normalized spacial score (nSPS) is 20.0. The quantitative estimate of drug-likeness (QED) is 0.899. The Morgan fingerprint density at radius 2 is 1.90 bits per heavy atom. The van der Waals surface area contributed by atoms with Crippen molar-refractivity contribution in [3.63, 3.8) is 0 Å². The van der Waals surface area contributed by atoms with Crippen molar-refractivity contribution in [3.8, 4) is 0 Å². The second kappa shape index (κ2) is 5.76. The molecule has 0 saturated heterocycles. The molecule has 1 amide bonds. The molecule has 0 aromatic heterocycles. The number of amides is 1. The Balaban J connectivity index is 1.95. The first-order valence-electron chi connectivity index (χ1n) is 7.48. The number of aliphatic hydroxyl groups is 1. The van der Waals surface area contributed by atoms with Gasteiger partial charge in [-0.25, -0.2) is 4.39 Å². The van der Waals surface area contributed by atoms with Crippen LogP contribution in [-0.4, -0.2) is 23.2 Å². The van der Waals surface area contributed by atoms with Crippen molar-refractivity contribution in [1.29, 1.82) is 0 Å². The lowest BCUT2D eigenvalue weighted by Gasteiger charge is -2.40. The maximum atomic E-state index is 13.7. The molecule has 0 atom stereocenters. The summed E-state index contributed by atoms with van der Waals surface area (Å²) in [5, 5.41) is 13.2. The molecule has 116 valence electrons. The standard InChI is InChI=1S/C17H24FNO2/c1-12-4-5-13(14(18)10-12)15(20)19-11-17(21)8-6-16(2,3)7-9-17/h4-5,10,21H,6-9,11H2,1-3H3,(H,19,20). The van der Waals surface area contributed by atoms with Gasteiger partial charge in [0, 0.05) is 6.54 Å². The number of hydrogen-bond acceptors (Lipinski definition) is 2. The summed E-state index contributed by atoms with van der Waals surface area (Å²) in [7, 11) is 0. The van der Waals surface area contributed by atoms with Crippen LogP contribution in [0.5, 0.6) is 0 Å². The van der Waals surface area contributed by atoms with Gasteiger partial charge >= 0.3 is 0 Å². The highest BCUT2D eigenvalue weighted by molar-refractivity contribution is 5.94. The van der Waals surface area contributed by atoms with Gasteiger partial charge in [-0.15, -0.1) is 0 Å². The summed E-state index contributed by atoms with van der Waals surface area (Å²) in [4.78, 5) is 12.0. The van der Waals surface area contributed by atoms with Crippen molar-refractivity contribution in [3.05, 3.63) is 35.1 Å². The zero-order valence-electron chi connectivity index (χ0n) is 13.0. The molecule has 0 spiro atoms. The number of aryl methyl sites for hydroxylation is 1. The molecule has 0 heterocycles. The van der Waals surface area contributed by atoms with E-state index in [-0.39, 0.29) is 17.5 Å². The van der Waals surface area contributed by atoms with Gasteiger partial charge in [0.25, 0.3) is 5.91 Å². The van der Waals surface area contributed by atoms with Crippen molar-refractivity contribution in [1.82, 2.24) is 5.32 Å². The highest BCUT2D eigenvalue weighted by Gasteiger charge is 2.36. The molecule has 3 nitrogen and oxygen atoms in total. The third-order valence-electron chi connectivity index (χ3n) is 4.48. The molecule has 1 aliphatic rings. The van der Waals surface area contributed by atoms with E-state index < -0.39 is 17.3 Å². The van der Waals surface area contributed by atoms with Gasteiger partial charge in [0.05, 0.1) is 11.2 Å². The summed E-state index contributed by atoms with van der Waals surface area (Å²) in [6, 6.07) is 4.52. The molecular formula is C17H24FNO2. The molecule has 0 radical (unpaired) electrons. The third kappa shape index (κ3) is 4.03. The lowest BCUT2D eigenvalue weighted by Crippen LogP contribution is -2.46. The van der Waals surface area contributed by atoms with Crippen LogP contribution >= 0.6 is 0 Å². The SMILES string of the molecule is Cc1ccc(C(=O)NCC2(O)CCC(C)(C)CC2)c(F)c1. The molecule has 1 aromatic carbocycles. The van der Waals surface area contributed by atoms with Crippen LogP contribution in [0.25, 0.3) is 0 Å².